The third-order valence-electron chi connectivity index (χ3n) is 3.04. The molecule has 0 atom stereocenters. The second kappa shape index (κ2) is 4.53. The van der Waals surface area contributed by atoms with Crippen molar-refractivity contribution < 1.29 is 0 Å². The number of hydrogen-bond acceptors (Lipinski definition) is 2. The fraction of sp³-hybridized carbons (Fsp3) is 0.133. The Morgan fingerprint density at radius 2 is 2.17 bits per heavy atom. The molecule has 0 aliphatic rings. The van der Waals surface area contributed by atoms with Crippen LogP contribution in [0.4, 0.5) is 5.69 Å². The number of benzene rings is 1. The van der Waals surface area contributed by atoms with Crippen LogP contribution in [0.3, 0.4) is 0 Å². The van der Waals surface area contributed by atoms with Gasteiger partial charge in [0.15, 0.2) is 0 Å². The van der Waals surface area contributed by atoms with Crippen LogP contribution < -0.4 is 5.32 Å². The molecule has 2 aromatic heterocycles. The number of rotatable bonds is 3. The Kier molecular flexibility index (Phi) is 2.73. The average Bonchev–Trinajstić information content (AvgIpc) is 2.80. The normalized spacial score (nSPS) is 10.7. The van der Waals surface area contributed by atoms with Crippen molar-refractivity contribution in [3.8, 4) is 0 Å². The standard InChI is InChI=1S/C15H15N3/c1-11-4-2-5-13(8-11)17-9-12-10-18-15-14(12)6-3-7-16-15/h2-8,10,17H,9H2,1H3,(H,16,18). The van der Waals surface area contributed by atoms with E-state index < -0.39 is 0 Å². The first kappa shape index (κ1) is 10.8. The summed E-state index contributed by atoms with van der Waals surface area (Å²) < 4.78 is 0. The second-order valence-corrected chi connectivity index (χ2v) is 4.44. The molecule has 0 aliphatic heterocycles. The predicted octanol–water partition coefficient (Wildman–Crippen LogP) is 3.48. The molecule has 0 amide bonds. The summed E-state index contributed by atoms with van der Waals surface area (Å²) in [5.74, 6) is 0. The smallest absolute Gasteiger partial charge is 0.137 e. The number of nitrogens with one attached hydrogen (secondary N) is 2. The van der Waals surface area contributed by atoms with E-state index in [9.17, 15) is 0 Å². The number of anilines is 1. The van der Waals surface area contributed by atoms with Gasteiger partial charge in [-0.15, -0.1) is 0 Å². The first-order chi connectivity index (χ1) is 8.83. The Hall–Kier alpha value is -2.29. The van der Waals surface area contributed by atoms with E-state index in [1.807, 2.05) is 12.3 Å². The Morgan fingerprint density at radius 1 is 1.22 bits per heavy atom. The molecule has 3 aromatic rings. The number of aryl methyl sites for hydroxylation is 1. The minimum Gasteiger partial charge on any atom is -0.381 e. The van der Waals surface area contributed by atoms with Crippen LogP contribution in [-0.4, -0.2) is 9.97 Å². The molecule has 0 unspecified atom stereocenters. The summed E-state index contributed by atoms with van der Waals surface area (Å²) in [6.07, 6.45) is 3.82. The molecule has 0 spiro atoms. The Labute approximate surface area is 106 Å². The van der Waals surface area contributed by atoms with E-state index in [0.717, 1.165) is 17.9 Å². The summed E-state index contributed by atoms with van der Waals surface area (Å²) in [7, 11) is 0. The lowest BCUT2D eigenvalue weighted by atomic mass is 10.2. The maximum atomic E-state index is 4.29. The molecule has 3 heteroatoms. The van der Waals surface area contributed by atoms with Gasteiger partial charge in [-0.3, -0.25) is 0 Å². The van der Waals surface area contributed by atoms with Crippen LogP contribution in [0.2, 0.25) is 0 Å². The van der Waals surface area contributed by atoms with Crippen LogP contribution in [-0.2, 0) is 6.54 Å². The van der Waals surface area contributed by atoms with Crippen LogP contribution >= 0.6 is 0 Å². The zero-order valence-electron chi connectivity index (χ0n) is 10.3. The van der Waals surface area contributed by atoms with Gasteiger partial charge >= 0.3 is 0 Å². The van der Waals surface area contributed by atoms with E-state index in [-0.39, 0.29) is 0 Å². The van der Waals surface area contributed by atoms with Crippen molar-refractivity contribution in [1.82, 2.24) is 9.97 Å². The molecule has 90 valence electrons. The Morgan fingerprint density at radius 3 is 3.06 bits per heavy atom. The number of hydrogen-bond donors (Lipinski definition) is 2. The average molecular weight is 237 g/mol. The zero-order valence-corrected chi connectivity index (χ0v) is 10.3. The van der Waals surface area contributed by atoms with Gasteiger partial charge in [-0.25, -0.2) is 4.98 Å². The molecular weight excluding hydrogens is 222 g/mol. The van der Waals surface area contributed by atoms with Gasteiger partial charge in [0.2, 0.25) is 0 Å². The number of H-pyrrole nitrogens is 1. The third kappa shape index (κ3) is 2.07. The maximum absolute atomic E-state index is 4.29. The number of pyridine rings is 1. The van der Waals surface area contributed by atoms with Gasteiger partial charge < -0.3 is 10.3 Å². The van der Waals surface area contributed by atoms with Gasteiger partial charge in [-0.2, -0.15) is 0 Å². The number of nitrogens with zero attached hydrogens (tertiary/aromatic N) is 1. The summed E-state index contributed by atoms with van der Waals surface area (Å²) in [6.45, 7) is 2.90. The fourth-order valence-corrected chi connectivity index (χ4v) is 2.11. The topological polar surface area (TPSA) is 40.7 Å². The lowest BCUT2D eigenvalue weighted by Crippen LogP contribution is -1.98. The Balaban J connectivity index is 1.81. The molecule has 0 aliphatic carbocycles. The van der Waals surface area contributed by atoms with Crippen molar-refractivity contribution in [2.24, 2.45) is 0 Å². The molecule has 0 bridgehead atoms. The monoisotopic (exact) mass is 237 g/mol. The van der Waals surface area contributed by atoms with Crippen LogP contribution in [0.25, 0.3) is 11.0 Å². The minimum atomic E-state index is 0.801. The number of aromatic nitrogens is 2. The summed E-state index contributed by atoms with van der Waals surface area (Å²) in [4.78, 5) is 7.47. The SMILES string of the molecule is Cc1cccc(NCc2c[nH]c3ncccc23)c1. The molecule has 2 N–H and O–H groups in total. The van der Waals surface area contributed by atoms with Crippen molar-refractivity contribution in [1.29, 1.82) is 0 Å². The van der Waals surface area contributed by atoms with Crippen LogP contribution in [0.15, 0.2) is 48.8 Å². The predicted molar refractivity (Wildman–Crippen MR) is 74.6 cm³/mol. The van der Waals surface area contributed by atoms with Crippen molar-refractivity contribution in [3.05, 3.63) is 59.9 Å². The van der Waals surface area contributed by atoms with Crippen LogP contribution in [0.1, 0.15) is 11.1 Å². The summed E-state index contributed by atoms with van der Waals surface area (Å²) in [5, 5.41) is 4.61. The second-order valence-electron chi connectivity index (χ2n) is 4.44. The fourth-order valence-electron chi connectivity index (χ4n) is 2.11. The highest BCUT2D eigenvalue weighted by atomic mass is 14.9. The van der Waals surface area contributed by atoms with Gasteiger partial charge in [0, 0.05) is 30.0 Å². The summed E-state index contributed by atoms with van der Waals surface area (Å²) >= 11 is 0. The van der Waals surface area contributed by atoms with Crippen LogP contribution in [0, 0.1) is 6.92 Å². The molecule has 0 saturated heterocycles. The molecule has 3 rings (SSSR count). The van der Waals surface area contributed by atoms with Crippen molar-refractivity contribution >= 4 is 16.7 Å². The van der Waals surface area contributed by atoms with Gasteiger partial charge in [0.25, 0.3) is 0 Å². The minimum absolute atomic E-state index is 0.801. The van der Waals surface area contributed by atoms with E-state index in [4.69, 9.17) is 0 Å². The molecule has 2 heterocycles. The number of fused-ring (bicyclic) bond motifs is 1. The van der Waals surface area contributed by atoms with E-state index in [2.05, 4.69) is 52.5 Å². The molecule has 0 radical (unpaired) electrons. The van der Waals surface area contributed by atoms with Crippen molar-refractivity contribution in [3.63, 3.8) is 0 Å². The quantitative estimate of drug-likeness (QED) is 0.732. The van der Waals surface area contributed by atoms with Gasteiger partial charge in [0.1, 0.15) is 5.65 Å². The van der Waals surface area contributed by atoms with Crippen molar-refractivity contribution in [2.45, 2.75) is 13.5 Å². The molecular formula is C15H15N3. The van der Waals surface area contributed by atoms with E-state index in [1.165, 1.54) is 16.5 Å². The highest BCUT2D eigenvalue weighted by Crippen LogP contribution is 2.17. The summed E-state index contributed by atoms with van der Waals surface area (Å²) in [5.41, 5.74) is 4.59. The van der Waals surface area contributed by atoms with E-state index >= 15 is 0 Å². The van der Waals surface area contributed by atoms with E-state index in [1.54, 1.807) is 6.20 Å². The maximum Gasteiger partial charge on any atom is 0.137 e. The van der Waals surface area contributed by atoms with E-state index in [0.29, 0.717) is 0 Å². The lowest BCUT2D eigenvalue weighted by molar-refractivity contribution is 1.16. The molecule has 0 fully saturated rings. The molecule has 3 nitrogen and oxygen atoms in total. The zero-order chi connectivity index (χ0) is 12.4. The molecule has 0 saturated carbocycles. The lowest BCUT2D eigenvalue weighted by Gasteiger charge is -2.06. The third-order valence-corrected chi connectivity index (χ3v) is 3.04. The van der Waals surface area contributed by atoms with Crippen LogP contribution in [0.5, 0.6) is 0 Å². The van der Waals surface area contributed by atoms with Crippen molar-refractivity contribution in [2.75, 3.05) is 5.32 Å². The number of aromatic amines is 1. The highest BCUT2D eigenvalue weighted by Gasteiger charge is 2.03. The van der Waals surface area contributed by atoms with Gasteiger partial charge in [-0.1, -0.05) is 12.1 Å². The first-order valence-electron chi connectivity index (χ1n) is 6.04. The largest absolute Gasteiger partial charge is 0.381 e. The Bertz CT molecular complexity index is 670. The molecule has 1 aromatic carbocycles. The summed E-state index contributed by atoms with van der Waals surface area (Å²) in [6, 6.07) is 12.4. The first-order valence-corrected chi connectivity index (χ1v) is 6.04. The van der Waals surface area contributed by atoms with Gasteiger partial charge in [-0.05, 0) is 42.3 Å². The van der Waals surface area contributed by atoms with Gasteiger partial charge in [0.05, 0.1) is 0 Å². The molecule has 18 heavy (non-hydrogen) atoms. The highest BCUT2D eigenvalue weighted by molar-refractivity contribution is 5.79.